The van der Waals surface area contributed by atoms with Crippen LogP contribution in [0.3, 0.4) is 0 Å². The topological polar surface area (TPSA) is 106 Å². The summed E-state index contributed by atoms with van der Waals surface area (Å²) in [4.78, 5) is 33.8. The van der Waals surface area contributed by atoms with Crippen LogP contribution < -0.4 is 15.4 Å². The number of anilines is 2. The van der Waals surface area contributed by atoms with Gasteiger partial charge in [-0.15, -0.1) is 0 Å². The lowest BCUT2D eigenvalue weighted by molar-refractivity contribution is -0.190. The van der Waals surface area contributed by atoms with Crippen molar-refractivity contribution in [3.8, 4) is 5.88 Å². The van der Waals surface area contributed by atoms with E-state index in [2.05, 4.69) is 20.6 Å². The summed E-state index contributed by atoms with van der Waals surface area (Å²) >= 11 is 0. The number of amides is 2. The summed E-state index contributed by atoms with van der Waals surface area (Å²) < 4.78 is 53.1. The standard InChI is InChI=1S/C26H28F3N5O4/c1-14(37-3)22-19(13-30-18-9-10-21(38-4)33-23(18)22)32-17-7-5-15(6-8-17)24(26(27,28)29)34(2)25(36)16-11-20(35)31-12-16/h5-10,13-14,16,24,32H,11-12H2,1-4H3,(H,31,35)/t14-,16+,24-/m0/s1. The average molecular weight is 532 g/mol. The molecule has 1 saturated heterocycles. The molecule has 0 bridgehead atoms. The van der Waals surface area contributed by atoms with Crippen LogP contribution in [-0.2, 0) is 14.3 Å². The van der Waals surface area contributed by atoms with Gasteiger partial charge in [0.25, 0.3) is 0 Å². The fraction of sp³-hybridized carbons (Fsp3) is 0.385. The average Bonchev–Trinajstić information content (AvgIpc) is 3.33. The second-order valence-electron chi connectivity index (χ2n) is 9.03. The number of nitrogens with zero attached hydrogens (tertiary/aromatic N) is 3. The van der Waals surface area contributed by atoms with Crippen molar-refractivity contribution in [2.45, 2.75) is 31.7 Å². The van der Waals surface area contributed by atoms with E-state index in [1.807, 2.05) is 6.92 Å². The minimum Gasteiger partial charge on any atom is -0.481 e. The van der Waals surface area contributed by atoms with Gasteiger partial charge in [0.1, 0.15) is 5.52 Å². The van der Waals surface area contributed by atoms with Crippen molar-refractivity contribution in [3.63, 3.8) is 0 Å². The van der Waals surface area contributed by atoms with E-state index >= 15 is 0 Å². The highest BCUT2D eigenvalue weighted by Gasteiger charge is 2.46. The van der Waals surface area contributed by atoms with Crippen LogP contribution in [0, 0.1) is 5.92 Å². The van der Waals surface area contributed by atoms with E-state index in [0.29, 0.717) is 38.8 Å². The minimum absolute atomic E-state index is 0.0260. The summed E-state index contributed by atoms with van der Waals surface area (Å²) in [7, 11) is 4.17. The van der Waals surface area contributed by atoms with Crippen molar-refractivity contribution in [2.75, 3.05) is 33.1 Å². The number of ether oxygens (including phenoxy) is 2. The lowest BCUT2D eigenvalue weighted by Gasteiger charge is -2.32. The Hall–Kier alpha value is -3.93. The predicted octanol–water partition coefficient (Wildman–Crippen LogP) is 4.29. The fourth-order valence-corrected chi connectivity index (χ4v) is 4.54. The number of nitrogens with one attached hydrogen (secondary N) is 2. The first-order valence-electron chi connectivity index (χ1n) is 11.9. The molecule has 3 heterocycles. The van der Waals surface area contributed by atoms with E-state index in [0.717, 1.165) is 7.05 Å². The third-order valence-electron chi connectivity index (χ3n) is 6.57. The summed E-state index contributed by atoms with van der Waals surface area (Å²) in [5, 5.41) is 5.68. The molecule has 3 aromatic rings. The monoisotopic (exact) mass is 531 g/mol. The highest BCUT2D eigenvalue weighted by molar-refractivity contribution is 5.89. The molecule has 1 fully saturated rings. The van der Waals surface area contributed by atoms with Gasteiger partial charge in [0, 0.05) is 44.4 Å². The molecule has 2 N–H and O–H groups in total. The van der Waals surface area contributed by atoms with Crippen LogP contribution in [-0.4, -0.2) is 60.7 Å². The van der Waals surface area contributed by atoms with E-state index in [4.69, 9.17) is 9.47 Å². The Morgan fingerprint density at radius 1 is 1.18 bits per heavy atom. The molecule has 1 aliphatic heterocycles. The van der Waals surface area contributed by atoms with E-state index in [1.54, 1.807) is 25.4 Å². The third kappa shape index (κ3) is 5.49. The lowest BCUT2D eigenvalue weighted by Crippen LogP contribution is -2.43. The number of aromatic nitrogens is 2. The van der Waals surface area contributed by atoms with Crippen molar-refractivity contribution >= 4 is 34.2 Å². The van der Waals surface area contributed by atoms with Crippen LogP contribution >= 0.6 is 0 Å². The van der Waals surface area contributed by atoms with E-state index in [1.165, 1.54) is 31.4 Å². The molecule has 0 spiro atoms. The van der Waals surface area contributed by atoms with Crippen LogP contribution in [0.4, 0.5) is 24.5 Å². The number of hydrogen-bond acceptors (Lipinski definition) is 7. The van der Waals surface area contributed by atoms with Crippen molar-refractivity contribution in [2.24, 2.45) is 5.92 Å². The largest absolute Gasteiger partial charge is 0.481 e. The molecule has 9 nitrogen and oxygen atoms in total. The van der Waals surface area contributed by atoms with Gasteiger partial charge in [0.15, 0.2) is 6.04 Å². The van der Waals surface area contributed by atoms with Gasteiger partial charge >= 0.3 is 6.18 Å². The minimum atomic E-state index is -4.72. The van der Waals surface area contributed by atoms with Crippen LogP contribution in [0.25, 0.3) is 11.0 Å². The molecular formula is C26H28F3N5O4. The molecule has 1 aliphatic rings. The van der Waals surface area contributed by atoms with Gasteiger partial charge in [-0.05, 0) is 30.7 Å². The Bertz CT molecular complexity index is 1330. The molecule has 0 aliphatic carbocycles. The molecule has 2 aromatic heterocycles. The molecule has 38 heavy (non-hydrogen) atoms. The Morgan fingerprint density at radius 2 is 1.89 bits per heavy atom. The Morgan fingerprint density at radius 3 is 2.47 bits per heavy atom. The first-order chi connectivity index (χ1) is 18.0. The van der Waals surface area contributed by atoms with Gasteiger partial charge in [-0.3, -0.25) is 14.6 Å². The summed E-state index contributed by atoms with van der Waals surface area (Å²) in [5.74, 6) is -1.52. The van der Waals surface area contributed by atoms with Crippen molar-refractivity contribution in [3.05, 3.63) is 53.7 Å². The number of pyridine rings is 2. The number of methoxy groups -OCH3 is 2. The maximum absolute atomic E-state index is 14.1. The van der Waals surface area contributed by atoms with Crippen molar-refractivity contribution in [1.82, 2.24) is 20.2 Å². The second kappa shape index (κ2) is 10.8. The number of benzene rings is 1. The lowest BCUT2D eigenvalue weighted by atomic mass is 10.0. The van der Waals surface area contributed by atoms with Gasteiger partial charge in [-0.2, -0.15) is 13.2 Å². The molecular weight excluding hydrogens is 503 g/mol. The Balaban J connectivity index is 1.63. The highest BCUT2D eigenvalue weighted by Crippen LogP contribution is 2.39. The number of carbonyl (C=O) groups excluding carboxylic acids is 2. The normalized spacial score (nSPS) is 17.1. The highest BCUT2D eigenvalue weighted by atomic mass is 19.4. The van der Waals surface area contributed by atoms with Crippen molar-refractivity contribution < 1.29 is 32.2 Å². The molecule has 0 saturated carbocycles. The molecule has 0 radical (unpaired) electrons. The number of hydrogen-bond donors (Lipinski definition) is 2. The van der Waals surface area contributed by atoms with Crippen LogP contribution in [0.2, 0.25) is 0 Å². The smallest absolute Gasteiger partial charge is 0.413 e. The fourth-order valence-electron chi connectivity index (χ4n) is 4.54. The molecule has 0 unspecified atom stereocenters. The van der Waals surface area contributed by atoms with Gasteiger partial charge < -0.3 is 25.0 Å². The van der Waals surface area contributed by atoms with Gasteiger partial charge in [-0.1, -0.05) is 12.1 Å². The van der Waals surface area contributed by atoms with Crippen LogP contribution in [0.15, 0.2) is 42.6 Å². The molecule has 1 aromatic carbocycles. The quantitative estimate of drug-likeness (QED) is 0.447. The number of halogens is 3. The first kappa shape index (κ1) is 27.1. The van der Waals surface area contributed by atoms with Crippen LogP contribution in [0.1, 0.15) is 36.6 Å². The summed E-state index contributed by atoms with van der Waals surface area (Å²) in [5.41, 5.74) is 2.87. The second-order valence-corrected chi connectivity index (χ2v) is 9.03. The first-order valence-corrected chi connectivity index (χ1v) is 11.9. The summed E-state index contributed by atoms with van der Waals surface area (Å²) in [6.45, 7) is 1.87. The Kier molecular flexibility index (Phi) is 7.72. The van der Waals surface area contributed by atoms with Gasteiger partial charge in [0.05, 0.1) is 36.5 Å². The zero-order valence-electron chi connectivity index (χ0n) is 21.3. The molecule has 2 amide bonds. The van der Waals surface area contributed by atoms with E-state index < -0.39 is 24.0 Å². The number of fused-ring (bicyclic) bond motifs is 1. The molecule has 4 rings (SSSR count). The van der Waals surface area contributed by atoms with Gasteiger partial charge in [0.2, 0.25) is 17.7 Å². The predicted molar refractivity (Wildman–Crippen MR) is 134 cm³/mol. The number of carbonyl (C=O) groups is 2. The van der Waals surface area contributed by atoms with Crippen LogP contribution in [0.5, 0.6) is 5.88 Å². The van der Waals surface area contributed by atoms with Crippen molar-refractivity contribution in [1.29, 1.82) is 0 Å². The Labute approximate surface area is 217 Å². The molecule has 3 atom stereocenters. The zero-order valence-corrected chi connectivity index (χ0v) is 21.3. The summed E-state index contributed by atoms with van der Waals surface area (Å²) in [6, 6.07) is 6.94. The summed E-state index contributed by atoms with van der Waals surface area (Å²) in [6.07, 6.45) is -3.62. The maximum Gasteiger partial charge on any atom is 0.413 e. The SMILES string of the molecule is COc1ccc2ncc(Nc3ccc([C@H](N(C)C(=O)[C@H]4CNC(=O)C4)C(F)(F)F)cc3)c([C@H](C)OC)c2n1. The number of rotatable bonds is 8. The third-order valence-corrected chi connectivity index (χ3v) is 6.57. The molecule has 202 valence electrons. The number of alkyl halides is 3. The van der Waals surface area contributed by atoms with E-state index in [-0.39, 0.29) is 30.5 Å². The van der Waals surface area contributed by atoms with E-state index in [9.17, 15) is 22.8 Å². The zero-order chi connectivity index (χ0) is 27.6. The maximum atomic E-state index is 14.1. The van der Waals surface area contributed by atoms with Gasteiger partial charge in [-0.25, -0.2) is 4.98 Å². The molecule has 12 heteroatoms.